The van der Waals surface area contributed by atoms with Crippen LogP contribution in [0.4, 0.5) is 0 Å². The van der Waals surface area contributed by atoms with Gasteiger partial charge in [-0.2, -0.15) is 0 Å². The molecule has 0 unspecified atom stereocenters. The second kappa shape index (κ2) is 6.18. The van der Waals surface area contributed by atoms with E-state index in [1.54, 1.807) is 16.7 Å². The van der Waals surface area contributed by atoms with Gasteiger partial charge in [0.15, 0.2) is 0 Å². The summed E-state index contributed by atoms with van der Waals surface area (Å²) in [5.74, 6) is 0.000260. The van der Waals surface area contributed by atoms with E-state index in [1.807, 2.05) is 48.5 Å². The van der Waals surface area contributed by atoms with Crippen molar-refractivity contribution in [3.63, 3.8) is 0 Å². The standard InChI is InChI=1S/C16H13NO.Rb/c1-17-14(12-6-3-2-4-7-12)11-10-13-8-5-9-15(18)16(13)17;/h2-11,18H,1H2;/q;+1/p-1. The molecule has 0 bridgehead atoms. The van der Waals surface area contributed by atoms with Crippen molar-refractivity contribution in [1.82, 2.24) is 0 Å². The summed E-state index contributed by atoms with van der Waals surface area (Å²) in [6.07, 6.45) is 0. The maximum Gasteiger partial charge on any atom is 1.00 e. The number of fused-ring (bicyclic) bond motifs is 1. The summed E-state index contributed by atoms with van der Waals surface area (Å²) in [7, 11) is 4.00. The van der Waals surface area contributed by atoms with Crippen molar-refractivity contribution in [2.75, 3.05) is 0 Å². The normalized spacial score (nSPS) is 10.1. The van der Waals surface area contributed by atoms with Gasteiger partial charge in [-0.3, -0.25) is 0 Å². The monoisotopic (exact) mass is 319 g/mol. The van der Waals surface area contributed by atoms with Crippen LogP contribution in [0.3, 0.4) is 0 Å². The fourth-order valence-electron chi connectivity index (χ4n) is 2.20. The van der Waals surface area contributed by atoms with E-state index in [2.05, 4.69) is 7.05 Å². The Morgan fingerprint density at radius 3 is 2.32 bits per heavy atom. The van der Waals surface area contributed by atoms with E-state index in [1.165, 1.54) is 0 Å². The maximum absolute atomic E-state index is 11.9. The van der Waals surface area contributed by atoms with E-state index < -0.39 is 0 Å². The van der Waals surface area contributed by atoms with Crippen LogP contribution < -0.4 is 67.9 Å². The molecule has 0 saturated heterocycles. The average Bonchev–Trinajstić information content (AvgIpc) is 2.40. The van der Waals surface area contributed by atoms with Crippen molar-refractivity contribution >= 4 is 10.9 Å². The molecular formula is C16H12NORb. The second-order valence-corrected chi connectivity index (χ2v) is 4.21. The van der Waals surface area contributed by atoms with Gasteiger partial charge in [-0.1, -0.05) is 60.3 Å². The first-order valence-corrected chi connectivity index (χ1v) is 5.78. The summed E-state index contributed by atoms with van der Waals surface area (Å²) in [5.41, 5.74) is 2.63. The number of nitrogens with zero attached hydrogens (tertiary/aromatic N) is 1. The quantitative estimate of drug-likeness (QED) is 0.439. The maximum atomic E-state index is 11.9. The number of benzene rings is 2. The molecule has 0 aliphatic heterocycles. The minimum atomic E-state index is 0. The van der Waals surface area contributed by atoms with Crippen molar-refractivity contribution in [2.24, 2.45) is 0 Å². The molecule has 0 aliphatic carbocycles. The van der Waals surface area contributed by atoms with Crippen molar-refractivity contribution in [3.05, 3.63) is 67.7 Å². The van der Waals surface area contributed by atoms with E-state index in [9.17, 15) is 5.11 Å². The first-order chi connectivity index (χ1) is 8.77. The Balaban J connectivity index is 0.00000133. The van der Waals surface area contributed by atoms with Crippen LogP contribution in [-0.4, -0.2) is 0 Å². The van der Waals surface area contributed by atoms with E-state index in [4.69, 9.17) is 0 Å². The summed E-state index contributed by atoms with van der Waals surface area (Å²) in [6, 6.07) is 19.2. The van der Waals surface area contributed by atoms with Gasteiger partial charge < -0.3 is 9.67 Å². The van der Waals surface area contributed by atoms with Crippen molar-refractivity contribution in [1.29, 1.82) is 0 Å². The summed E-state index contributed by atoms with van der Waals surface area (Å²) in [6.45, 7) is 0. The molecule has 2 nitrogen and oxygen atoms in total. The third-order valence-electron chi connectivity index (χ3n) is 3.08. The van der Waals surface area contributed by atoms with E-state index in [0.717, 1.165) is 16.6 Å². The number of para-hydroxylation sites is 1. The number of hydrogen-bond donors (Lipinski definition) is 0. The van der Waals surface area contributed by atoms with Gasteiger partial charge >= 0.3 is 58.2 Å². The van der Waals surface area contributed by atoms with E-state index in [-0.39, 0.29) is 63.9 Å². The van der Waals surface area contributed by atoms with Gasteiger partial charge in [0.25, 0.3) is 0 Å². The minimum Gasteiger partial charge on any atom is -0.877 e. The summed E-state index contributed by atoms with van der Waals surface area (Å²) in [4.78, 5) is 0. The molecule has 0 spiro atoms. The number of pyridine rings is 1. The Labute approximate surface area is 161 Å². The minimum absolute atomic E-state index is 0. The van der Waals surface area contributed by atoms with Gasteiger partial charge in [-0.05, 0) is 17.0 Å². The fourth-order valence-corrected chi connectivity index (χ4v) is 2.20. The van der Waals surface area contributed by atoms with Crippen LogP contribution in [0.1, 0.15) is 0 Å². The van der Waals surface area contributed by atoms with Crippen LogP contribution in [0.5, 0.6) is 5.75 Å². The molecule has 0 fully saturated rings. The predicted octanol–water partition coefficient (Wildman–Crippen LogP) is -0.488. The Morgan fingerprint density at radius 1 is 0.842 bits per heavy atom. The summed E-state index contributed by atoms with van der Waals surface area (Å²) in [5, 5.41) is 12.8. The first-order valence-electron chi connectivity index (χ1n) is 5.78. The Kier molecular flexibility index (Phi) is 4.79. The number of aromatic nitrogens is 1. The van der Waals surface area contributed by atoms with E-state index >= 15 is 0 Å². The van der Waals surface area contributed by atoms with Crippen LogP contribution >= 0.6 is 0 Å². The number of rotatable bonds is 1. The zero-order valence-electron chi connectivity index (χ0n) is 10.8. The van der Waals surface area contributed by atoms with Gasteiger partial charge in [-0.25, -0.2) is 0 Å². The van der Waals surface area contributed by atoms with Gasteiger partial charge in [0.05, 0.1) is 0 Å². The SMILES string of the molecule is [CH2-][n+]1c(-c2ccccc2)ccc2cccc([O-])c21.[Rb+]. The molecule has 0 aliphatic rings. The van der Waals surface area contributed by atoms with Gasteiger partial charge in [0.2, 0.25) is 0 Å². The summed E-state index contributed by atoms with van der Waals surface area (Å²) < 4.78 is 1.72. The van der Waals surface area contributed by atoms with E-state index in [0.29, 0.717) is 5.52 Å². The zero-order chi connectivity index (χ0) is 12.5. The predicted molar refractivity (Wildman–Crippen MR) is 69.8 cm³/mol. The largest absolute Gasteiger partial charge is 1.00 e. The van der Waals surface area contributed by atoms with Crippen LogP contribution in [-0.2, 0) is 0 Å². The van der Waals surface area contributed by atoms with Crippen LogP contribution in [0, 0.1) is 7.05 Å². The van der Waals surface area contributed by atoms with Gasteiger partial charge in [-0.15, -0.1) is 0 Å². The molecule has 0 saturated carbocycles. The third kappa shape index (κ3) is 2.77. The molecule has 2 aromatic carbocycles. The Hall–Kier alpha value is -0.675. The van der Waals surface area contributed by atoms with Crippen LogP contribution in [0.15, 0.2) is 60.7 Å². The molecule has 1 aromatic heterocycles. The topological polar surface area (TPSA) is 26.9 Å². The van der Waals surface area contributed by atoms with Crippen molar-refractivity contribution in [3.8, 4) is 17.0 Å². The molecular weight excluding hydrogens is 308 g/mol. The summed E-state index contributed by atoms with van der Waals surface area (Å²) >= 11 is 0. The molecule has 3 aromatic rings. The van der Waals surface area contributed by atoms with Gasteiger partial charge in [0.1, 0.15) is 11.2 Å². The molecule has 0 radical (unpaired) electrons. The van der Waals surface area contributed by atoms with Crippen molar-refractivity contribution in [2.45, 2.75) is 0 Å². The Bertz CT molecular complexity index is 711. The van der Waals surface area contributed by atoms with Gasteiger partial charge in [0, 0.05) is 7.05 Å². The average molecular weight is 320 g/mol. The Morgan fingerprint density at radius 2 is 1.58 bits per heavy atom. The third-order valence-corrected chi connectivity index (χ3v) is 3.08. The molecule has 1 heterocycles. The molecule has 3 heteroatoms. The smallest absolute Gasteiger partial charge is 0.877 e. The van der Waals surface area contributed by atoms with Crippen LogP contribution in [0.25, 0.3) is 22.2 Å². The molecule has 0 amide bonds. The number of hydrogen-bond acceptors (Lipinski definition) is 1. The molecule has 19 heavy (non-hydrogen) atoms. The van der Waals surface area contributed by atoms with Crippen LogP contribution in [0.2, 0.25) is 0 Å². The second-order valence-electron chi connectivity index (χ2n) is 4.21. The zero-order valence-corrected chi connectivity index (χ0v) is 15.8. The first kappa shape index (κ1) is 14.7. The molecule has 0 N–H and O–H groups in total. The molecule has 3 rings (SSSR count). The molecule has 88 valence electrons. The fraction of sp³-hybridized carbons (Fsp3) is 0. The van der Waals surface area contributed by atoms with Crippen molar-refractivity contribution < 1.29 is 67.9 Å². The molecule has 0 atom stereocenters.